The first-order chi connectivity index (χ1) is 9.27. The van der Waals surface area contributed by atoms with Crippen LogP contribution in [0, 0.1) is 13.8 Å². The largest absolute Gasteiger partial charge is 0.417 e. The number of halogens is 3. The van der Waals surface area contributed by atoms with Gasteiger partial charge >= 0.3 is 11.9 Å². The minimum Gasteiger partial charge on any atom is -0.291 e. The van der Waals surface area contributed by atoms with E-state index in [4.69, 9.17) is 0 Å². The summed E-state index contributed by atoms with van der Waals surface area (Å²) in [6.45, 7) is 3.53. The number of nitrogens with zero attached hydrogens (tertiary/aromatic N) is 3. The van der Waals surface area contributed by atoms with Crippen LogP contribution >= 0.6 is 0 Å². The minimum atomic E-state index is -4.41. The molecule has 20 heavy (non-hydrogen) atoms. The average Bonchev–Trinajstić information content (AvgIpc) is 2.33. The van der Waals surface area contributed by atoms with E-state index in [9.17, 15) is 18.0 Å². The fourth-order valence-electron chi connectivity index (χ4n) is 1.81. The second-order valence-corrected chi connectivity index (χ2v) is 4.44. The van der Waals surface area contributed by atoms with Gasteiger partial charge in [-0.1, -0.05) is 0 Å². The second kappa shape index (κ2) is 5.07. The third-order valence-electron chi connectivity index (χ3n) is 2.82. The molecule has 0 aliphatic heterocycles. The van der Waals surface area contributed by atoms with E-state index in [2.05, 4.69) is 9.97 Å². The third-order valence-corrected chi connectivity index (χ3v) is 2.82. The number of aryl methyl sites for hydroxylation is 2. The number of hydrogen-bond donors (Lipinski definition) is 0. The van der Waals surface area contributed by atoms with E-state index in [0.29, 0.717) is 17.1 Å². The summed E-state index contributed by atoms with van der Waals surface area (Å²) in [6.07, 6.45) is -3.65. The highest BCUT2D eigenvalue weighted by molar-refractivity contribution is 5.18. The molecule has 0 aliphatic carbocycles. The lowest BCUT2D eigenvalue weighted by atomic mass is 10.2. The van der Waals surface area contributed by atoms with Crippen molar-refractivity contribution < 1.29 is 13.2 Å². The second-order valence-electron chi connectivity index (χ2n) is 4.44. The summed E-state index contributed by atoms with van der Waals surface area (Å²) in [5, 5.41) is 0. The molecule has 0 fully saturated rings. The molecule has 2 aromatic rings. The molecule has 7 heteroatoms. The van der Waals surface area contributed by atoms with Crippen LogP contribution in [0.15, 0.2) is 29.2 Å². The Morgan fingerprint density at radius 3 is 2.45 bits per heavy atom. The molecule has 2 aromatic heterocycles. The van der Waals surface area contributed by atoms with E-state index >= 15 is 0 Å². The molecule has 0 aliphatic rings. The maximum Gasteiger partial charge on any atom is 0.417 e. The van der Waals surface area contributed by atoms with E-state index in [1.807, 2.05) is 0 Å². The highest BCUT2D eigenvalue weighted by atomic mass is 19.4. The maximum atomic E-state index is 12.4. The van der Waals surface area contributed by atoms with Crippen molar-refractivity contribution in [3.63, 3.8) is 0 Å². The zero-order valence-corrected chi connectivity index (χ0v) is 10.9. The number of rotatable bonds is 2. The Kier molecular flexibility index (Phi) is 3.61. The first kappa shape index (κ1) is 14.2. The third kappa shape index (κ3) is 3.04. The van der Waals surface area contributed by atoms with Crippen LogP contribution in [0.5, 0.6) is 0 Å². The van der Waals surface area contributed by atoms with Crippen molar-refractivity contribution in [2.75, 3.05) is 0 Å². The Balaban J connectivity index is 2.30. The van der Waals surface area contributed by atoms with E-state index in [1.165, 1.54) is 10.6 Å². The van der Waals surface area contributed by atoms with Gasteiger partial charge in [0.1, 0.15) is 0 Å². The fraction of sp³-hybridized carbons (Fsp3) is 0.308. The molecular weight excluding hydrogens is 271 g/mol. The molecule has 0 N–H and O–H groups in total. The average molecular weight is 283 g/mol. The predicted molar refractivity (Wildman–Crippen MR) is 66.3 cm³/mol. The smallest absolute Gasteiger partial charge is 0.291 e. The Morgan fingerprint density at radius 1 is 1.25 bits per heavy atom. The SMILES string of the molecule is Cc1cc(C)n(Cc2ccc(C(F)(F)F)cn2)c(=O)n1. The molecule has 0 spiro atoms. The van der Waals surface area contributed by atoms with Crippen molar-refractivity contribution >= 4 is 0 Å². The lowest BCUT2D eigenvalue weighted by Gasteiger charge is -2.10. The van der Waals surface area contributed by atoms with E-state index in [-0.39, 0.29) is 6.54 Å². The maximum absolute atomic E-state index is 12.4. The minimum absolute atomic E-state index is 0.0933. The standard InChI is InChI=1S/C13H12F3N3O/c1-8-5-9(2)19(12(20)18-8)7-11-4-3-10(6-17-11)13(14,15)16/h3-6H,7H2,1-2H3. The summed E-state index contributed by atoms with van der Waals surface area (Å²) < 4.78 is 38.6. The quantitative estimate of drug-likeness (QED) is 0.849. The molecule has 0 atom stereocenters. The summed E-state index contributed by atoms with van der Waals surface area (Å²) in [6, 6.07) is 3.93. The van der Waals surface area contributed by atoms with Crippen LogP contribution in [0.2, 0.25) is 0 Å². The van der Waals surface area contributed by atoms with Gasteiger partial charge in [0, 0.05) is 17.6 Å². The number of pyridine rings is 1. The van der Waals surface area contributed by atoms with Gasteiger partial charge in [0.25, 0.3) is 0 Å². The Morgan fingerprint density at radius 2 is 1.95 bits per heavy atom. The van der Waals surface area contributed by atoms with Gasteiger partial charge in [-0.3, -0.25) is 9.55 Å². The monoisotopic (exact) mass is 283 g/mol. The van der Waals surface area contributed by atoms with Crippen molar-refractivity contribution in [1.82, 2.24) is 14.5 Å². The zero-order valence-electron chi connectivity index (χ0n) is 10.9. The highest BCUT2D eigenvalue weighted by Gasteiger charge is 2.30. The van der Waals surface area contributed by atoms with Crippen molar-refractivity contribution in [2.45, 2.75) is 26.6 Å². The molecule has 0 radical (unpaired) electrons. The highest BCUT2D eigenvalue weighted by Crippen LogP contribution is 2.28. The van der Waals surface area contributed by atoms with Gasteiger partial charge < -0.3 is 0 Å². The molecule has 0 aromatic carbocycles. The summed E-state index contributed by atoms with van der Waals surface area (Å²) in [5.41, 5.74) is 0.402. The molecule has 2 rings (SSSR count). The molecule has 2 heterocycles. The molecule has 0 unspecified atom stereocenters. The van der Waals surface area contributed by atoms with Gasteiger partial charge in [-0.2, -0.15) is 18.2 Å². The van der Waals surface area contributed by atoms with Crippen LogP contribution in [0.3, 0.4) is 0 Å². The summed E-state index contributed by atoms with van der Waals surface area (Å²) in [4.78, 5) is 19.3. The van der Waals surface area contributed by atoms with Gasteiger partial charge in [0.2, 0.25) is 0 Å². The van der Waals surface area contributed by atoms with E-state index in [1.54, 1.807) is 19.9 Å². The van der Waals surface area contributed by atoms with Gasteiger partial charge in [-0.05, 0) is 32.0 Å². The normalized spacial score (nSPS) is 11.7. The number of aromatic nitrogens is 3. The van der Waals surface area contributed by atoms with Crippen molar-refractivity contribution in [3.05, 3.63) is 57.5 Å². The van der Waals surface area contributed by atoms with Gasteiger partial charge in [0.15, 0.2) is 0 Å². The van der Waals surface area contributed by atoms with Crippen LogP contribution in [-0.4, -0.2) is 14.5 Å². The van der Waals surface area contributed by atoms with Crippen molar-refractivity contribution in [2.24, 2.45) is 0 Å². The van der Waals surface area contributed by atoms with Gasteiger partial charge in [-0.25, -0.2) is 4.79 Å². The van der Waals surface area contributed by atoms with E-state index in [0.717, 1.165) is 12.3 Å². The molecular formula is C13H12F3N3O. The predicted octanol–water partition coefficient (Wildman–Crippen LogP) is 2.32. The van der Waals surface area contributed by atoms with Gasteiger partial charge in [0.05, 0.1) is 17.8 Å². The zero-order chi connectivity index (χ0) is 14.9. The van der Waals surface area contributed by atoms with Crippen LogP contribution in [0.25, 0.3) is 0 Å². The Bertz CT molecular complexity index is 675. The Labute approximate surface area is 112 Å². The lowest BCUT2D eigenvalue weighted by Crippen LogP contribution is -2.26. The topological polar surface area (TPSA) is 47.8 Å². The first-order valence-electron chi connectivity index (χ1n) is 5.84. The van der Waals surface area contributed by atoms with Crippen LogP contribution in [0.4, 0.5) is 13.2 Å². The first-order valence-corrected chi connectivity index (χ1v) is 5.84. The number of hydrogen-bond acceptors (Lipinski definition) is 3. The fourth-order valence-corrected chi connectivity index (χ4v) is 1.81. The van der Waals surface area contributed by atoms with Gasteiger partial charge in [-0.15, -0.1) is 0 Å². The Hall–Kier alpha value is -2.18. The molecule has 0 saturated heterocycles. The van der Waals surface area contributed by atoms with Crippen LogP contribution in [0.1, 0.15) is 22.6 Å². The molecule has 0 amide bonds. The van der Waals surface area contributed by atoms with Crippen molar-refractivity contribution in [1.29, 1.82) is 0 Å². The molecule has 0 bridgehead atoms. The lowest BCUT2D eigenvalue weighted by molar-refractivity contribution is -0.137. The van der Waals surface area contributed by atoms with E-state index < -0.39 is 17.4 Å². The van der Waals surface area contributed by atoms with Crippen LogP contribution in [-0.2, 0) is 12.7 Å². The summed E-state index contributed by atoms with van der Waals surface area (Å²) in [5.74, 6) is 0. The molecule has 106 valence electrons. The summed E-state index contributed by atoms with van der Waals surface area (Å²) in [7, 11) is 0. The van der Waals surface area contributed by atoms with Crippen molar-refractivity contribution in [3.8, 4) is 0 Å². The molecule has 4 nitrogen and oxygen atoms in total. The van der Waals surface area contributed by atoms with Crippen LogP contribution < -0.4 is 5.69 Å². The summed E-state index contributed by atoms with van der Waals surface area (Å²) >= 11 is 0. The number of alkyl halides is 3. The molecule has 0 saturated carbocycles.